The SMILES string of the molecule is CC(=O)N[C@@H](Cc1cccc2ccccc12)C(N)=O. The molecule has 3 N–H and O–H groups in total. The molecule has 4 heteroatoms. The zero-order chi connectivity index (χ0) is 13.8. The van der Waals surface area contributed by atoms with Crippen LogP contribution >= 0.6 is 0 Å². The van der Waals surface area contributed by atoms with Crippen molar-refractivity contribution in [3.8, 4) is 0 Å². The lowest BCUT2D eigenvalue weighted by atomic mass is 9.98. The predicted molar refractivity (Wildman–Crippen MR) is 74.5 cm³/mol. The molecule has 0 aromatic heterocycles. The van der Waals surface area contributed by atoms with E-state index in [-0.39, 0.29) is 5.91 Å². The van der Waals surface area contributed by atoms with E-state index in [2.05, 4.69) is 5.32 Å². The summed E-state index contributed by atoms with van der Waals surface area (Å²) in [6, 6.07) is 13.1. The van der Waals surface area contributed by atoms with Gasteiger partial charge in [0.25, 0.3) is 0 Å². The van der Waals surface area contributed by atoms with Gasteiger partial charge < -0.3 is 11.1 Å². The quantitative estimate of drug-likeness (QED) is 0.867. The summed E-state index contributed by atoms with van der Waals surface area (Å²) in [7, 11) is 0. The molecular weight excluding hydrogens is 240 g/mol. The molecular formula is C15H16N2O2. The van der Waals surface area contributed by atoms with E-state index >= 15 is 0 Å². The lowest BCUT2D eigenvalue weighted by molar-refractivity contribution is -0.126. The van der Waals surface area contributed by atoms with Gasteiger partial charge in [0.05, 0.1) is 0 Å². The van der Waals surface area contributed by atoms with Gasteiger partial charge >= 0.3 is 0 Å². The number of benzene rings is 2. The van der Waals surface area contributed by atoms with Gasteiger partial charge in [-0.1, -0.05) is 42.5 Å². The first-order valence-corrected chi connectivity index (χ1v) is 6.11. The largest absolute Gasteiger partial charge is 0.368 e. The standard InChI is InChI=1S/C15H16N2O2/c1-10(18)17-14(15(16)19)9-12-7-4-6-11-5-2-3-8-13(11)12/h2-8,14H,9H2,1H3,(H2,16,19)(H,17,18)/t14-/m0/s1. The first-order valence-electron chi connectivity index (χ1n) is 6.11. The van der Waals surface area contributed by atoms with E-state index in [1.165, 1.54) is 6.92 Å². The lowest BCUT2D eigenvalue weighted by Crippen LogP contribution is -2.45. The molecule has 0 unspecified atom stereocenters. The molecule has 2 rings (SSSR count). The Bertz CT molecular complexity index is 617. The Morgan fingerprint density at radius 3 is 2.53 bits per heavy atom. The van der Waals surface area contributed by atoms with Crippen molar-refractivity contribution in [3.63, 3.8) is 0 Å². The summed E-state index contributed by atoms with van der Waals surface area (Å²) in [5.74, 6) is -0.785. The highest BCUT2D eigenvalue weighted by Crippen LogP contribution is 2.19. The fraction of sp³-hybridized carbons (Fsp3) is 0.200. The first-order chi connectivity index (χ1) is 9.08. The van der Waals surface area contributed by atoms with E-state index in [0.717, 1.165) is 16.3 Å². The van der Waals surface area contributed by atoms with E-state index < -0.39 is 11.9 Å². The minimum atomic E-state index is -0.677. The number of rotatable bonds is 4. The van der Waals surface area contributed by atoms with Crippen molar-refractivity contribution in [1.29, 1.82) is 0 Å². The fourth-order valence-electron chi connectivity index (χ4n) is 2.16. The average Bonchev–Trinajstić information content (AvgIpc) is 2.37. The zero-order valence-corrected chi connectivity index (χ0v) is 10.7. The van der Waals surface area contributed by atoms with Gasteiger partial charge in [-0.05, 0) is 16.3 Å². The average molecular weight is 256 g/mol. The number of hydrogen-bond acceptors (Lipinski definition) is 2. The van der Waals surface area contributed by atoms with E-state index in [0.29, 0.717) is 6.42 Å². The second kappa shape index (κ2) is 5.52. The molecule has 2 aromatic rings. The van der Waals surface area contributed by atoms with Gasteiger partial charge in [-0.2, -0.15) is 0 Å². The van der Waals surface area contributed by atoms with Crippen molar-refractivity contribution in [2.45, 2.75) is 19.4 Å². The van der Waals surface area contributed by atoms with Crippen LogP contribution < -0.4 is 11.1 Å². The highest BCUT2D eigenvalue weighted by molar-refractivity contribution is 5.89. The van der Waals surface area contributed by atoms with Crippen LogP contribution in [0.2, 0.25) is 0 Å². The van der Waals surface area contributed by atoms with Gasteiger partial charge in [0.1, 0.15) is 6.04 Å². The Hall–Kier alpha value is -2.36. The van der Waals surface area contributed by atoms with Crippen LogP contribution in [0.25, 0.3) is 10.8 Å². The molecule has 2 amide bonds. The van der Waals surface area contributed by atoms with Crippen molar-refractivity contribution in [2.75, 3.05) is 0 Å². The number of nitrogens with two attached hydrogens (primary N) is 1. The molecule has 98 valence electrons. The van der Waals surface area contributed by atoms with Crippen LogP contribution in [0.15, 0.2) is 42.5 Å². The normalized spacial score (nSPS) is 12.1. The van der Waals surface area contributed by atoms with Gasteiger partial charge in [-0.3, -0.25) is 9.59 Å². The zero-order valence-electron chi connectivity index (χ0n) is 10.7. The molecule has 0 heterocycles. The monoisotopic (exact) mass is 256 g/mol. The summed E-state index contributed by atoms with van der Waals surface area (Å²) < 4.78 is 0. The third-order valence-electron chi connectivity index (χ3n) is 3.02. The second-order valence-electron chi connectivity index (χ2n) is 4.50. The minimum Gasteiger partial charge on any atom is -0.368 e. The molecule has 4 nitrogen and oxygen atoms in total. The van der Waals surface area contributed by atoms with E-state index in [9.17, 15) is 9.59 Å². The summed E-state index contributed by atoms with van der Waals surface area (Å²) in [5, 5.41) is 4.75. The summed E-state index contributed by atoms with van der Waals surface area (Å²) >= 11 is 0. The van der Waals surface area contributed by atoms with Crippen LogP contribution in [0, 0.1) is 0 Å². The molecule has 0 saturated carbocycles. The van der Waals surface area contributed by atoms with Crippen LogP contribution in [0.5, 0.6) is 0 Å². The van der Waals surface area contributed by atoms with Gasteiger partial charge in [0.2, 0.25) is 11.8 Å². The van der Waals surface area contributed by atoms with Crippen LogP contribution in [0.4, 0.5) is 0 Å². The summed E-state index contributed by atoms with van der Waals surface area (Å²) in [6.45, 7) is 1.37. The smallest absolute Gasteiger partial charge is 0.240 e. The number of carbonyl (C=O) groups is 2. The van der Waals surface area contributed by atoms with Gasteiger partial charge in [-0.15, -0.1) is 0 Å². The van der Waals surface area contributed by atoms with E-state index in [1.54, 1.807) is 0 Å². The number of nitrogens with one attached hydrogen (secondary N) is 1. The summed E-state index contributed by atoms with van der Waals surface area (Å²) in [6.07, 6.45) is 0.399. The highest BCUT2D eigenvalue weighted by atomic mass is 16.2. The Morgan fingerprint density at radius 2 is 1.84 bits per heavy atom. The first kappa shape index (κ1) is 13.1. The Morgan fingerprint density at radius 1 is 1.16 bits per heavy atom. The van der Waals surface area contributed by atoms with E-state index in [1.807, 2.05) is 42.5 Å². The van der Waals surface area contributed by atoms with Crippen LogP contribution in [-0.2, 0) is 16.0 Å². The van der Waals surface area contributed by atoms with Gasteiger partial charge in [-0.25, -0.2) is 0 Å². The molecule has 1 atom stereocenters. The van der Waals surface area contributed by atoms with Gasteiger partial charge in [0.15, 0.2) is 0 Å². The van der Waals surface area contributed by atoms with E-state index in [4.69, 9.17) is 5.73 Å². The molecule has 0 spiro atoms. The van der Waals surface area contributed by atoms with Gasteiger partial charge in [0, 0.05) is 13.3 Å². The Kier molecular flexibility index (Phi) is 3.80. The fourth-order valence-corrected chi connectivity index (χ4v) is 2.16. The van der Waals surface area contributed by atoms with Crippen molar-refractivity contribution < 1.29 is 9.59 Å². The number of fused-ring (bicyclic) bond motifs is 1. The highest BCUT2D eigenvalue weighted by Gasteiger charge is 2.17. The Labute approximate surface area is 111 Å². The number of amides is 2. The van der Waals surface area contributed by atoms with Crippen molar-refractivity contribution >= 4 is 22.6 Å². The number of primary amides is 1. The maximum atomic E-state index is 11.4. The molecule has 0 fully saturated rings. The molecule has 0 aliphatic rings. The molecule has 0 bridgehead atoms. The van der Waals surface area contributed by atoms with Crippen LogP contribution in [-0.4, -0.2) is 17.9 Å². The lowest BCUT2D eigenvalue weighted by Gasteiger charge is -2.15. The summed E-state index contributed by atoms with van der Waals surface area (Å²) in [5.41, 5.74) is 6.32. The molecule has 0 aliphatic heterocycles. The molecule has 0 aliphatic carbocycles. The summed E-state index contributed by atoms with van der Waals surface area (Å²) in [4.78, 5) is 22.5. The molecule has 0 radical (unpaired) electrons. The molecule has 0 saturated heterocycles. The second-order valence-corrected chi connectivity index (χ2v) is 4.50. The minimum absolute atomic E-state index is 0.260. The maximum Gasteiger partial charge on any atom is 0.240 e. The third-order valence-corrected chi connectivity index (χ3v) is 3.02. The number of carbonyl (C=O) groups excluding carboxylic acids is 2. The van der Waals surface area contributed by atoms with Crippen molar-refractivity contribution in [1.82, 2.24) is 5.32 Å². The maximum absolute atomic E-state index is 11.4. The number of hydrogen-bond donors (Lipinski definition) is 2. The van der Waals surface area contributed by atoms with Crippen molar-refractivity contribution in [3.05, 3.63) is 48.0 Å². The van der Waals surface area contributed by atoms with Crippen LogP contribution in [0.1, 0.15) is 12.5 Å². The van der Waals surface area contributed by atoms with Crippen LogP contribution in [0.3, 0.4) is 0 Å². The molecule has 2 aromatic carbocycles. The molecule has 19 heavy (non-hydrogen) atoms. The topological polar surface area (TPSA) is 72.2 Å². The third kappa shape index (κ3) is 3.10. The Balaban J connectivity index is 2.33. The van der Waals surface area contributed by atoms with Crippen molar-refractivity contribution in [2.24, 2.45) is 5.73 Å². The predicted octanol–water partition coefficient (Wildman–Crippen LogP) is 1.37.